The second kappa shape index (κ2) is 9.37. The quantitative estimate of drug-likeness (QED) is 0.491. The van der Waals surface area contributed by atoms with Crippen LogP contribution < -0.4 is 9.47 Å². The van der Waals surface area contributed by atoms with Gasteiger partial charge in [0.25, 0.3) is 0 Å². The van der Waals surface area contributed by atoms with Gasteiger partial charge in [0.2, 0.25) is 0 Å². The average molecular weight is 398 g/mol. The summed E-state index contributed by atoms with van der Waals surface area (Å²) in [5, 5.41) is 0. The SMILES string of the molecule is COc1cc(C(C)=O)ccc1OCC(=O)OCc1c(C)cc(C)c(C(C)=O)c1C. The summed E-state index contributed by atoms with van der Waals surface area (Å²) in [7, 11) is 1.46. The van der Waals surface area contributed by atoms with Crippen molar-refractivity contribution in [3.8, 4) is 11.5 Å². The van der Waals surface area contributed by atoms with Crippen molar-refractivity contribution < 1.29 is 28.6 Å². The van der Waals surface area contributed by atoms with Gasteiger partial charge in [-0.25, -0.2) is 4.79 Å². The molecule has 0 aliphatic heterocycles. The summed E-state index contributed by atoms with van der Waals surface area (Å²) in [6, 6.07) is 6.67. The van der Waals surface area contributed by atoms with Crippen LogP contribution in [-0.4, -0.2) is 31.3 Å². The molecule has 6 nitrogen and oxygen atoms in total. The maximum Gasteiger partial charge on any atom is 0.344 e. The number of esters is 1. The van der Waals surface area contributed by atoms with Crippen molar-refractivity contribution in [1.82, 2.24) is 0 Å². The van der Waals surface area contributed by atoms with Crippen LogP contribution in [0.15, 0.2) is 24.3 Å². The lowest BCUT2D eigenvalue weighted by Gasteiger charge is -2.16. The number of aryl methyl sites for hydroxylation is 2. The Labute approximate surface area is 170 Å². The van der Waals surface area contributed by atoms with Gasteiger partial charge >= 0.3 is 5.97 Å². The Morgan fingerprint density at radius 2 is 1.59 bits per heavy atom. The Balaban J connectivity index is 2.06. The van der Waals surface area contributed by atoms with Crippen LogP contribution in [0.4, 0.5) is 0 Å². The van der Waals surface area contributed by atoms with E-state index in [-0.39, 0.29) is 24.8 Å². The van der Waals surface area contributed by atoms with Gasteiger partial charge in [-0.1, -0.05) is 6.07 Å². The maximum absolute atomic E-state index is 12.2. The summed E-state index contributed by atoms with van der Waals surface area (Å²) in [6.45, 7) is 8.41. The predicted molar refractivity (Wildman–Crippen MR) is 109 cm³/mol. The second-order valence-corrected chi connectivity index (χ2v) is 6.92. The van der Waals surface area contributed by atoms with Gasteiger partial charge in [0.05, 0.1) is 7.11 Å². The highest BCUT2D eigenvalue weighted by Gasteiger charge is 2.16. The maximum atomic E-state index is 12.2. The molecule has 0 fully saturated rings. The van der Waals surface area contributed by atoms with Gasteiger partial charge in [0.1, 0.15) is 6.61 Å². The van der Waals surface area contributed by atoms with Crippen LogP contribution in [-0.2, 0) is 16.1 Å². The Bertz CT molecular complexity index is 958. The van der Waals surface area contributed by atoms with E-state index in [1.165, 1.54) is 21.0 Å². The first-order valence-electron chi connectivity index (χ1n) is 9.23. The monoisotopic (exact) mass is 398 g/mol. The van der Waals surface area contributed by atoms with Gasteiger partial charge in [-0.05, 0) is 75.1 Å². The molecule has 0 saturated carbocycles. The molecular weight excluding hydrogens is 372 g/mol. The number of carbonyl (C=O) groups is 3. The largest absolute Gasteiger partial charge is 0.493 e. The topological polar surface area (TPSA) is 78.9 Å². The Kier molecular flexibility index (Phi) is 7.15. The van der Waals surface area contributed by atoms with E-state index >= 15 is 0 Å². The molecule has 0 bridgehead atoms. The summed E-state index contributed by atoms with van der Waals surface area (Å²) in [4.78, 5) is 35.5. The fourth-order valence-corrected chi connectivity index (χ4v) is 3.33. The molecule has 0 radical (unpaired) electrons. The molecule has 0 aromatic heterocycles. The number of methoxy groups -OCH3 is 1. The lowest BCUT2D eigenvalue weighted by molar-refractivity contribution is -0.147. The number of hydrogen-bond acceptors (Lipinski definition) is 6. The lowest BCUT2D eigenvalue weighted by atomic mass is 9.92. The van der Waals surface area contributed by atoms with Gasteiger partial charge in [-0.2, -0.15) is 0 Å². The molecule has 0 amide bonds. The molecule has 0 aliphatic carbocycles. The third kappa shape index (κ3) is 5.22. The smallest absolute Gasteiger partial charge is 0.344 e. The number of ether oxygens (including phenoxy) is 3. The van der Waals surface area contributed by atoms with Crippen LogP contribution in [0.5, 0.6) is 11.5 Å². The van der Waals surface area contributed by atoms with Crippen LogP contribution >= 0.6 is 0 Å². The second-order valence-electron chi connectivity index (χ2n) is 6.92. The summed E-state index contributed by atoms with van der Waals surface area (Å²) in [5.41, 5.74) is 4.66. The van der Waals surface area contributed by atoms with Gasteiger partial charge < -0.3 is 14.2 Å². The number of carbonyl (C=O) groups excluding carboxylic acids is 3. The van der Waals surface area contributed by atoms with Crippen molar-refractivity contribution in [2.75, 3.05) is 13.7 Å². The highest BCUT2D eigenvalue weighted by molar-refractivity contribution is 5.97. The summed E-state index contributed by atoms with van der Waals surface area (Å²) in [6.07, 6.45) is 0. The minimum atomic E-state index is -0.550. The predicted octanol–water partition coefficient (Wildman–Crippen LogP) is 4.15. The molecule has 2 rings (SSSR count). The first-order chi connectivity index (χ1) is 13.6. The van der Waals surface area contributed by atoms with Crippen molar-refractivity contribution in [2.24, 2.45) is 0 Å². The molecule has 0 aliphatic rings. The average Bonchev–Trinajstić information content (AvgIpc) is 2.65. The van der Waals surface area contributed by atoms with E-state index in [0.717, 1.165) is 22.3 Å². The van der Waals surface area contributed by atoms with Crippen molar-refractivity contribution in [1.29, 1.82) is 0 Å². The van der Waals surface area contributed by atoms with Crippen LogP contribution in [0.2, 0.25) is 0 Å². The highest BCUT2D eigenvalue weighted by atomic mass is 16.6. The number of rotatable bonds is 8. The van der Waals surface area contributed by atoms with Gasteiger partial charge in [0, 0.05) is 11.1 Å². The minimum absolute atomic E-state index is 0.0167. The molecule has 6 heteroatoms. The molecular formula is C23H26O6. The molecule has 0 atom stereocenters. The zero-order chi connectivity index (χ0) is 21.7. The zero-order valence-corrected chi connectivity index (χ0v) is 17.7. The van der Waals surface area contributed by atoms with Gasteiger partial charge in [-0.3, -0.25) is 9.59 Å². The summed E-state index contributed by atoms with van der Waals surface area (Å²) in [5.74, 6) is 0.0457. The van der Waals surface area contributed by atoms with Crippen molar-refractivity contribution in [3.63, 3.8) is 0 Å². The van der Waals surface area contributed by atoms with E-state index in [2.05, 4.69) is 0 Å². The number of hydrogen-bond donors (Lipinski definition) is 0. The van der Waals surface area contributed by atoms with Crippen LogP contribution in [0, 0.1) is 20.8 Å². The Morgan fingerprint density at radius 1 is 0.897 bits per heavy atom. The van der Waals surface area contributed by atoms with Crippen LogP contribution in [0.3, 0.4) is 0 Å². The Morgan fingerprint density at radius 3 is 2.17 bits per heavy atom. The molecule has 2 aromatic rings. The van der Waals surface area contributed by atoms with E-state index in [0.29, 0.717) is 22.6 Å². The number of ketones is 2. The molecule has 0 heterocycles. The molecule has 0 saturated heterocycles. The minimum Gasteiger partial charge on any atom is -0.493 e. The fourth-order valence-electron chi connectivity index (χ4n) is 3.33. The molecule has 0 N–H and O–H groups in total. The molecule has 2 aromatic carbocycles. The molecule has 154 valence electrons. The van der Waals surface area contributed by atoms with Crippen LogP contribution in [0.1, 0.15) is 56.8 Å². The summed E-state index contributed by atoms with van der Waals surface area (Å²) < 4.78 is 16.1. The number of Topliss-reactive ketones (excluding diaryl/α,β-unsaturated/α-hetero) is 2. The fraction of sp³-hybridized carbons (Fsp3) is 0.348. The number of benzene rings is 2. The third-order valence-electron chi connectivity index (χ3n) is 4.78. The van der Waals surface area contributed by atoms with Crippen molar-refractivity contribution >= 4 is 17.5 Å². The van der Waals surface area contributed by atoms with E-state index < -0.39 is 5.97 Å². The third-order valence-corrected chi connectivity index (χ3v) is 4.78. The van der Waals surface area contributed by atoms with E-state index in [1.54, 1.807) is 18.2 Å². The van der Waals surface area contributed by atoms with E-state index in [9.17, 15) is 14.4 Å². The van der Waals surface area contributed by atoms with E-state index in [1.807, 2.05) is 26.8 Å². The van der Waals surface area contributed by atoms with Gasteiger partial charge in [-0.15, -0.1) is 0 Å². The highest BCUT2D eigenvalue weighted by Crippen LogP contribution is 2.28. The first-order valence-corrected chi connectivity index (χ1v) is 9.23. The normalized spacial score (nSPS) is 10.4. The lowest BCUT2D eigenvalue weighted by Crippen LogP contribution is -2.16. The van der Waals surface area contributed by atoms with Crippen molar-refractivity contribution in [2.45, 2.75) is 41.2 Å². The molecule has 0 unspecified atom stereocenters. The standard InChI is InChI=1S/C23H26O6/c1-13-9-14(2)23(17(5)25)15(3)19(13)11-29-22(26)12-28-20-8-7-18(16(4)24)10-21(20)27-6/h7-10H,11-12H2,1-6H3. The van der Waals surface area contributed by atoms with Crippen molar-refractivity contribution in [3.05, 3.63) is 57.6 Å². The van der Waals surface area contributed by atoms with Crippen LogP contribution in [0.25, 0.3) is 0 Å². The van der Waals surface area contributed by atoms with E-state index in [4.69, 9.17) is 14.2 Å². The Hall–Kier alpha value is -3.15. The first kappa shape index (κ1) is 22.1. The summed E-state index contributed by atoms with van der Waals surface area (Å²) >= 11 is 0. The molecule has 0 spiro atoms. The zero-order valence-electron chi connectivity index (χ0n) is 17.7. The van der Waals surface area contributed by atoms with Gasteiger partial charge in [0.15, 0.2) is 29.7 Å². The molecule has 29 heavy (non-hydrogen) atoms.